The second-order valence-corrected chi connectivity index (χ2v) is 6.52. The molecule has 5 nitrogen and oxygen atoms in total. The van der Waals surface area contributed by atoms with Crippen LogP contribution in [0.25, 0.3) is 0 Å². The lowest BCUT2D eigenvalue weighted by Crippen LogP contribution is -2.43. The lowest BCUT2D eigenvalue weighted by atomic mass is 10.2. The predicted octanol–water partition coefficient (Wildman–Crippen LogP) is 3.50. The van der Waals surface area contributed by atoms with E-state index in [1.807, 2.05) is 24.3 Å². The largest absolute Gasteiger partial charge is 0.487 e. The van der Waals surface area contributed by atoms with Crippen LogP contribution in [-0.2, 0) is 0 Å². The van der Waals surface area contributed by atoms with Crippen LogP contribution in [0, 0.1) is 0 Å². The van der Waals surface area contributed by atoms with Gasteiger partial charge in [0.05, 0.1) is 11.6 Å². The van der Waals surface area contributed by atoms with E-state index in [4.69, 9.17) is 22.1 Å². The Kier molecular flexibility index (Phi) is 10.5. The Morgan fingerprint density at radius 1 is 1.44 bits per heavy atom. The molecule has 2 rings (SSSR count). The summed E-state index contributed by atoms with van der Waals surface area (Å²) in [6, 6.07) is 8.05. The summed E-state index contributed by atoms with van der Waals surface area (Å²) in [5.74, 6) is 1.18. The molecule has 0 radical (unpaired) electrons. The monoisotopic (exact) mass is 480 g/mol. The standard InChI is InChI=1S/C18H29ClN4O.HI/c1-3-15(24-17-10-6-5-9-16(17)19)13-22-18(20)21-12-14-8-7-11-23(14)4-2;/h5-6,9-10,14-15H,3-4,7-8,11-13H2,1-2H3,(H3,20,21,22);1H. The van der Waals surface area contributed by atoms with E-state index in [1.54, 1.807) is 0 Å². The molecule has 25 heavy (non-hydrogen) atoms. The summed E-state index contributed by atoms with van der Waals surface area (Å²) < 4.78 is 5.93. The molecule has 0 bridgehead atoms. The van der Waals surface area contributed by atoms with Crippen molar-refractivity contribution in [1.29, 1.82) is 0 Å². The van der Waals surface area contributed by atoms with Crippen LogP contribution in [0.1, 0.15) is 33.1 Å². The van der Waals surface area contributed by atoms with Gasteiger partial charge in [-0.3, -0.25) is 4.90 Å². The number of benzene rings is 1. The van der Waals surface area contributed by atoms with Crippen LogP contribution in [0.4, 0.5) is 0 Å². The van der Waals surface area contributed by atoms with Crippen molar-refractivity contribution in [1.82, 2.24) is 10.2 Å². The van der Waals surface area contributed by atoms with Crippen molar-refractivity contribution in [2.75, 3.05) is 26.2 Å². The molecule has 2 unspecified atom stereocenters. The molecule has 0 aliphatic carbocycles. The third-order valence-corrected chi connectivity index (χ3v) is 4.79. The average Bonchev–Trinajstić information content (AvgIpc) is 3.05. The molecular weight excluding hydrogens is 451 g/mol. The van der Waals surface area contributed by atoms with Crippen molar-refractivity contribution in [2.45, 2.75) is 45.3 Å². The Hall–Kier alpha value is -0.730. The number of ether oxygens (including phenoxy) is 1. The molecule has 7 heteroatoms. The van der Waals surface area contributed by atoms with E-state index in [1.165, 1.54) is 19.4 Å². The Morgan fingerprint density at radius 2 is 2.20 bits per heavy atom. The third-order valence-electron chi connectivity index (χ3n) is 4.47. The minimum absolute atomic E-state index is 0. The topological polar surface area (TPSA) is 62.9 Å². The van der Waals surface area contributed by atoms with Crippen LogP contribution in [-0.4, -0.2) is 49.2 Å². The summed E-state index contributed by atoms with van der Waals surface area (Å²) in [5, 5.41) is 3.87. The normalized spacial score (nSPS) is 19.3. The first-order valence-electron chi connectivity index (χ1n) is 8.83. The van der Waals surface area contributed by atoms with E-state index in [9.17, 15) is 0 Å². The summed E-state index contributed by atoms with van der Waals surface area (Å²) in [6.45, 7) is 7.91. The van der Waals surface area contributed by atoms with Crippen molar-refractivity contribution in [3.63, 3.8) is 0 Å². The lowest BCUT2D eigenvalue weighted by Gasteiger charge is -2.23. The molecule has 1 aliphatic rings. The lowest BCUT2D eigenvalue weighted by molar-refractivity contribution is 0.206. The van der Waals surface area contributed by atoms with Gasteiger partial charge in [-0.05, 0) is 44.5 Å². The molecule has 1 aliphatic heterocycles. The zero-order valence-corrected chi connectivity index (χ0v) is 18.2. The number of aliphatic imine (C=N–C) groups is 1. The second kappa shape index (κ2) is 11.8. The highest BCUT2D eigenvalue weighted by atomic mass is 127. The van der Waals surface area contributed by atoms with Gasteiger partial charge >= 0.3 is 0 Å². The second-order valence-electron chi connectivity index (χ2n) is 6.11. The van der Waals surface area contributed by atoms with Gasteiger partial charge < -0.3 is 15.8 Å². The number of hydrogen-bond donors (Lipinski definition) is 2. The van der Waals surface area contributed by atoms with Crippen LogP contribution in [0.5, 0.6) is 5.75 Å². The van der Waals surface area contributed by atoms with Crippen molar-refractivity contribution in [2.24, 2.45) is 10.7 Å². The fourth-order valence-electron chi connectivity index (χ4n) is 2.99. The zero-order valence-electron chi connectivity index (χ0n) is 15.1. The fourth-order valence-corrected chi connectivity index (χ4v) is 3.17. The minimum atomic E-state index is -0.0381. The van der Waals surface area contributed by atoms with E-state index in [-0.39, 0.29) is 30.1 Å². The van der Waals surface area contributed by atoms with Crippen LogP contribution in [0.2, 0.25) is 5.02 Å². The van der Waals surface area contributed by atoms with Gasteiger partial charge in [-0.15, -0.1) is 24.0 Å². The first kappa shape index (κ1) is 22.3. The number of likely N-dealkylation sites (tertiary alicyclic amines) is 1. The smallest absolute Gasteiger partial charge is 0.188 e. The van der Waals surface area contributed by atoms with E-state index in [2.05, 4.69) is 29.1 Å². The Morgan fingerprint density at radius 3 is 2.88 bits per heavy atom. The van der Waals surface area contributed by atoms with Crippen LogP contribution < -0.4 is 15.8 Å². The molecule has 0 aromatic heterocycles. The quantitative estimate of drug-likeness (QED) is 0.340. The number of rotatable bonds is 8. The van der Waals surface area contributed by atoms with Crippen LogP contribution in [0.15, 0.2) is 29.3 Å². The molecule has 2 atom stereocenters. The van der Waals surface area contributed by atoms with Gasteiger partial charge in [0, 0.05) is 12.6 Å². The first-order valence-corrected chi connectivity index (χ1v) is 9.20. The predicted molar refractivity (Wildman–Crippen MR) is 116 cm³/mol. The number of para-hydroxylation sites is 1. The molecule has 1 aromatic carbocycles. The van der Waals surface area contributed by atoms with E-state index >= 15 is 0 Å². The van der Waals surface area contributed by atoms with Crippen LogP contribution >= 0.6 is 35.6 Å². The number of hydrogen-bond acceptors (Lipinski definition) is 3. The maximum atomic E-state index is 6.14. The highest BCUT2D eigenvalue weighted by Gasteiger charge is 2.22. The first-order chi connectivity index (χ1) is 11.6. The molecule has 1 fully saturated rings. The molecule has 0 amide bonds. The van der Waals surface area contributed by atoms with Gasteiger partial charge in [-0.25, -0.2) is 4.99 Å². The highest BCUT2D eigenvalue weighted by Crippen LogP contribution is 2.24. The summed E-state index contributed by atoms with van der Waals surface area (Å²) in [4.78, 5) is 6.91. The zero-order chi connectivity index (χ0) is 17.4. The van der Waals surface area contributed by atoms with Crippen molar-refractivity contribution < 1.29 is 4.74 Å². The summed E-state index contributed by atoms with van der Waals surface area (Å²) in [6.07, 6.45) is 3.29. The van der Waals surface area contributed by atoms with Gasteiger partial charge in [-0.2, -0.15) is 0 Å². The molecule has 142 valence electrons. The minimum Gasteiger partial charge on any atom is -0.487 e. The fraction of sp³-hybridized carbons (Fsp3) is 0.611. The molecule has 0 spiro atoms. The van der Waals surface area contributed by atoms with E-state index < -0.39 is 0 Å². The SMILES string of the molecule is CCC(CN=C(N)NCC1CCCN1CC)Oc1ccccc1Cl.I. The summed E-state index contributed by atoms with van der Waals surface area (Å²) in [7, 11) is 0. The maximum absolute atomic E-state index is 6.14. The number of nitrogens with zero attached hydrogens (tertiary/aromatic N) is 2. The van der Waals surface area contributed by atoms with Gasteiger partial charge in [0.15, 0.2) is 5.96 Å². The summed E-state index contributed by atoms with van der Waals surface area (Å²) in [5.41, 5.74) is 6.00. The number of nitrogens with one attached hydrogen (secondary N) is 1. The summed E-state index contributed by atoms with van der Waals surface area (Å²) >= 11 is 6.14. The van der Waals surface area contributed by atoms with Crippen LogP contribution in [0.3, 0.4) is 0 Å². The number of likely N-dealkylation sites (N-methyl/N-ethyl adjacent to an activating group) is 1. The molecule has 1 heterocycles. The molecule has 1 saturated heterocycles. The van der Waals surface area contributed by atoms with E-state index in [0.29, 0.717) is 29.3 Å². The van der Waals surface area contributed by atoms with E-state index in [0.717, 1.165) is 19.5 Å². The van der Waals surface area contributed by atoms with Crippen molar-refractivity contribution >= 4 is 41.5 Å². The average molecular weight is 481 g/mol. The van der Waals surface area contributed by atoms with Crippen molar-refractivity contribution in [3.05, 3.63) is 29.3 Å². The molecule has 1 aromatic rings. The van der Waals surface area contributed by atoms with Crippen molar-refractivity contribution in [3.8, 4) is 5.75 Å². The number of guanidine groups is 1. The Balaban J connectivity index is 0.00000312. The van der Waals surface area contributed by atoms with Gasteiger partial charge in [0.1, 0.15) is 11.9 Å². The molecule has 0 saturated carbocycles. The van der Waals surface area contributed by atoms with Gasteiger partial charge in [-0.1, -0.05) is 37.6 Å². The Labute approximate surface area is 173 Å². The maximum Gasteiger partial charge on any atom is 0.188 e. The molecule has 3 N–H and O–H groups in total. The Bertz CT molecular complexity index is 544. The third kappa shape index (κ3) is 7.19. The highest BCUT2D eigenvalue weighted by molar-refractivity contribution is 14.0. The number of halogens is 2. The van der Waals surface area contributed by atoms with Gasteiger partial charge in [0.25, 0.3) is 0 Å². The van der Waals surface area contributed by atoms with Gasteiger partial charge in [0.2, 0.25) is 0 Å². The molecular formula is C18H30ClIN4O. The number of nitrogens with two attached hydrogens (primary N) is 1.